The van der Waals surface area contributed by atoms with Crippen molar-refractivity contribution >= 4 is 5.91 Å². The number of nitrogens with one attached hydrogen (secondary N) is 2. The van der Waals surface area contributed by atoms with Crippen LogP contribution in [-0.2, 0) is 26.1 Å². The molecule has 1 amide bonds. The Hall–Kier alpha value is -3.75. The molecule has 2 saturated heterocycles. The summed E-state index contributed by atoms with van der Waals surface area (Å²) in [5, 5.41) is 0. The van der Waals surface area contributed by atoms with Crippen LogP contribution in [0.2, 0.25) is 0 Å². The molecule has 0 saturated carbocycles. The predicted molar refractivity (Wildman–Crippen MR) is 155 cm³/mol. The van der Waals surface area contributed by atoms with Gasteiger partial charge in [0.25, 0.3) is 5.91 Å². The van der Waals surface area contributed by atoms with Crippen LogP contribution in [0.5, 0.6) is 0 Å². The molecule has 4 aromatic rings. The Bertz CT molecular complexity index is 1300. The lowest BCUT2D eigenvalue weighted by Gasteiger charge is -2.40. The van der Waals surface area contributed by atoms with Crippen LogP contribution in [0, 0.1) is 5.41 Å². The molecule has 2 fully saturated rings. The number of carbonyl (C=O) groups excluding carboxylic acids is 1. The van der Waals surface area contributed by atoms with Crippen LogP contribution in [0.25, 0.3) is 0 Å². The molecule has 1 unspecified atom stereocenters. The maximum atomic E-state index is 13.5. The molecule has 1 atom stereocenters. The van der Waals surface area contributed by atoms with E-state index in [0.29, 0.717) is 24.1 Å². The van der Waals surface area contributed by atoms with E-state index in [0.717, 1.165) is 44.2 Å². The fourth-order valence-electron chi connectivity index (χ4n) is 6.45. The summed E-state index contributed by atoms with van der Waals surface area (Å²) in [6, 6.07) is 19.0. The molecule has 6 rings (SSSR count). The monoisotopic (exact) mass is 537 g/mol. The summed E-state index contributed by atoms with van der Waals surface area (Å²) in [5.41, 5.74) is 3.79. The summed E-state index contributed by atoms with van der Waals surface area (Å²) in [6.07, 6.45) is 12.0. The van der Waals surface area contributed by atoms with Crippen molar-refractivity contribution in [3.8, 4) is 0 Å². The third kappa shape index (κ3) is 6.51. The normalized spacial score (nSPS) is 19.8. The number of piperidine rings is 1. The summed E-state index contributed by atoms with van der Waals surface area (Å²) in [5.74, 6) is 1.47. The Labute approximate surface area is 236 Å². The van der Waals surface area contributed by atoms with E-state index in [-0.39, 0.29) is 5.91 Å². The summed E-state index contributed by atoms with van der Waals surface area (Å²) in [7, 11) is 0. The van der Waals surface area contributed by atoms with Gasteiger partial charge in [-0.15, -0.1) is 0 Å². The Balaban J connectivity index is 1.04. The minimum Gasteiger partial charge on any atom is -0.347 e. The highest BCUT2D eigenvalue weighted by Crippen LogP contribution is 2.39. The third-order valence-electron chi connectivity index (χ3n) is 8.50. The molecule has 0 bridgehead atoms. The maximum Gasteiger partial charge on any atom is 0.254 e. The van der Waals surface area contributed by atoms with Crippen LogP contribution < -0.4 is 0 Å². The van der Waals surface area contributed by atoms with Gasteiger partial charge in [-0.05, 0) is 67.4 Å². The Morgan fingerprint density at radius 2 is 1.52 bits per heavy atom. The Morgan fingerprint density at radius 3 is 2.20 bits per heavy atom. The minimum atomic E-state index is -0.0303. The van der Waals surface area contributed by atoms with Gasteiger partial charge in [0.15, 0.2) is 0 Å². The van der Waals surface area contributed by atoms with Crippen molar-refractivity contribution in [1.82, 2.24) is 34.6 Å². The first-order chi connectivity index (χ1) is 19.6. The molecule has 2 aromatic carbocycles. The number of carbonyl (C=O) groups is 1. The molecule has 2 aliphatic heterocycles. The van der Waals surface area contributed by atoms with Crippen LogP contribution in [0.1, 0.15) is 52.4 Å². The van der Waals surface area contributed by atoms with E-state index < -0.39 is 0 Å². The van der Waals surface area contributed by atoms with Gasteiger partial charge in [0.2, 0.25) is 0 Å². The molecule has 40 heavy (non-hydrogen) atoms. The maximum absolute atomic E-state index is 13.5. The van der Waals surface area contributed by atoms with Crippen LogP contribution in [0.3, 0.4) is 0 Å². The second kappa shape index (κ2) is 12.2. The summed E-state index contributed by atoms with van der Waals surface area (Å²) < 4.78 is 0. The fourth-order valence-corrected chi connectivity index (χ4v) is 6.45. The van der Waals surface area contributed by atoms with Crippen molar-refractivity contribution in [2.45, 2.75) is 45.3 Å². The number of imidazole rings is 2. The van der Waals surface area contributed by atoms with E-state index in [1.165, 1.54) is 43.5 Å². The second-order valence-corrected chi connectivity index (χ2v) is 11.5. The average Bonchev–Trinajstić information content (AvgIpc) is 3.77. The lowest BCUT2D eigenvalue weighted by molar-refractivity contribution is 0.0721. The first-order valence-corrected chi connectivity index (χ1v) is 14.5. The molecular weight excluding hydrogens is 498 g/mol. The lowest BCUT2D eigenvalue weighted by atomic mass is 9.79. The van der Waals surface area contributed by atoms with Crippen molar-refractivity contribution < 1.29 is 4.79 Å². The molecule has 0 radical (unpaired) electrons. The molecule has 2 N–H and O–H groups in total. The number of aromatic amines is 2. The summed E-state index contributed by atoms with van der Waals surface area (Å²) in [4.78, 5) is 35.3. The van der Waals surface area contributed by atoms with Crippen molar-refractivity contribution in [1.29, 1.82) is 0 Å². The van der Waals surface area contributed by atoms with Crippen molar-refractivity contribution in [2.75, 3.05) is 32.7 Å². The SMILES string of the molecule is O=C(c1ccc(CN2CCC3(CCCN(CCc4ccccc4)C3)C2)cc1)N(Cc1ncc[nH]1)Cc1ncc[nH]1. The standard InChI is InChI=1S/C32H39N7O/c40-31(39(22-29-33-14-15-34-29)23-30-35-16-17-36-30)28-9-7-27(8-10-28)21-38-20-13-32(25-38)12-4-18-37(24-32)19-11-26-5-2-1-3-6-26/h1-3,5-10,14-17H,4,11-13,18-25H2,(H,33,34)(H,35,36). The van der Waals surface area contributed by atoms with Gasteiger partial charge in [-0.1, -0.05) is 42.5 Å². The average molecular weight is 538 g/mol. The van der Waals surface area contributed by atoms with Crippen molar-refractivity contribution in [3.63, 3.8) is 0 Å². The number of hydrogen-bond acceptors (Lipinski definition) is 5. The van der Waals surface area contributed by atoms with Crippen LogP contribution in [-0.4, -0.2) is 73.3 Å². The van der Waals surface area contributed by atoms with Crippen LogP contribution in [0.4, 0.5) is 0 Å². The third-order valence-corrected chi connectivity index (χ3v) is 8.50. The largest absolute Gasteiger partial charge is 0.347 e. The van der Waals surface area contributed by atoms with Crippen molar-refractivity contribution in [3.05, 3.63) is 108 Å². The van der Waals surface area contributed by atoms with Gasteiger partial charge in [0.1, 0.15) is 11.6 Å². The van der Waals surface area contributed by atoms with E-state index in [9.17, 15) is 4.79 Å². The smallest absolute Gasteiger partial charge is 0.254 e. The summed E-state index contributed by atoms with van der Waals surface area (Å²) >= 11 is 0. The number of benzene rings is 2. The number of likely N-dealkylation sites (tertiary alicyclic amines) is 2. The van der Waals surface area contributed by atoms with Gasteiger partial charge in [-0.3, -0.25) is 9.69 Å². The number of nitrogens with zero attached hydrogens (tertiary/aromatic N) is 5. The molecule has 8 nitrogen and oxygen atoms in total. The van der Waals surface area contributed by atoms with Crippen molar-refractivity contribution in [2.24, 2.45) is 5.41 Å². The highest BCUT2D eigenvalue weighted by Gasteiger charge is 2.41. The fraction of sp³-hybridized carbons (Fsp3) is 0.406. The van der Waals surface area contributed by atoms with E-state index in [2.05, 4.69) is 72.2 Å². The number of amides is 1. The molecule has 2 aliphatic rings. The number of rotatable bonds is 10. The zero-order valence-corrected chi connectivity index (χ0v) is 23.1. The van der Waals surface area contributed by atoms with Gasteiger partial charge in [0.05, 0.1) is 13.1 Å². The quantitative estimate of drug-likeness (QED) is 0.311. The zero-order chi connectivity index (χ0) is 27.2. The molecule has 208 valence electrons. The zero-order valence-electron chi connectivity index (χ0n) is 23.1. The van der Waals surface area contributed by atoms with Crippen LogP contribution >= 0.6 is 0 Å². The number of aromatic nitrogens is 4. The molecule has 2 aromatic heterocycles. The Kier molecular flexibility index (Phi) is 8.07. The van der Waals surface area contributed by atoms with E-state index in [4.69, 9.17) is 0 Å². The molecule has 1 spiro atoms. The first-order valence-electron chi connectivity index (χ1n) is 14.5. The second-order valence-electron chi connectivity index (χ2n) is 11.5. The summed E-state index contributed by atoms with van der Waals surface area (Å²) in [6.45, 7) is 7.62. The van der Waals surface area contributed by atoms with E-state index >= 15 is 0 Å². The molecular formula is C32H39N7O. The molecule has 8 heteroatoms. The molecule has 0 aliphatic carbocycles. The number of hydrogen-bond donors (Lipinski definition) is 2. The van der Waals surface area contributed by atoms with E-state index in [1.54, 1.807) is 29.7 Å². The van der Waals surface area contributed by atoms with E-state index in [1.807, 2.05) is 12.1 Å². The molecule has 4 heterocycles. The van der Waals surface area contributed by atoms with Gasteiger partial charge in [0, 0.05) is 56.5 Å². The highest BCUT2D eigenvalue weighted by molar-refractivity contribution is 5.94. The predicted octanol–water partition coefficient (Wildman–Crippen LogP) is 4.51. The van der Waals surface area contributed by atoms with Gasteiger partial charge in [-0.2, -0.15) is 0 Å². The lowest BCUT2D eigenvalue weighted by Crippen LogP contribution is -2.45. The Morgan fingerprint density at radius 1 is 0.825 bits per heavy atom. The van der Waals surface area contributed by atoms with Gasteiger partial charge < -0.3 is 19.8 Å². The minimum absolute atomic E-state index is 0.0303. The topological polar surface area (TPSA) is 84.2 Å². The number of H-pyrrole nitrogens is 2. The van der Waals surface area contributed by atoms with Crippen LogP contribution in [0.15, 0.2) is 79.4 Å². The highest BCUT2D eigenvalue weighted by atomic mass is 16.2. The first kappa shape index (κ1) is 26.5. The van der Waals surface area contributed by atoms with Gasteiger partial charge >= 0.3 is 0 Å². The van der Waals surface area contributed by atoms with Gasteiger partial charge in [-0.25, -0.2) is 9.97 Å².